The van der Waals surface area contributed by atoms with Crippen LogP contribution in [0.2, 0.25) is 0 Å². The normalized spacial score (nSPS) is 18.9. The Hall–Kier alpha value is -3.23. The van der Waals surface area contributed by atoms with Crippen LogP contribution in [0.1, 0.15) is 44.6 Å². The van der Waals surface area contributed by atoms with Gasteiger partial charge < -0.3 is 29.2 Å². The van der Waals surface area contributed by atoms with Crippen molar-refractivity contribution >= 4 is 28.4 Å². The van der Waals surface area contributed by atoms with Gasteiger partial charge in [0.1, 0.15) is 18.5 Å². The minimum Gasteiger partial charge on any atom is -0.488 e. The van der Waals surface area contributed by atoms with Gasteiger partial charge in [-0.05, 0) is 62.8 Å². The van der Waals surface area contributed by atoms with Gasteiger partial charge in [-0.1, -0.05) is 12.1 Å². The van der Waals surface area contributed by atoms with Crippen LogP contribution in [0.15, 0.2) is 42.5 Å². The summed E-state index contributed by atoms with van der Waals surface area (Å²) < 4.78 is 24.7. The summed E-state index contributed by atoms with van der Waals surface area (Å²) in [5, 5.41) is 3.84. The van der Waals surface area contributed by atoms with Crippen LogP contribution in [0.4, 0.5) is 16.2 Å². The Balaban J connectivity index is 1.27. The van der Waals surface area contributed by atoms with Crippen molar-refractivity contribution in [3.63, 3.8) is 0 Å². The lowest BCUT2D eigenvalue weighted by atomic mass is 9.92. The number of ether oxygens (including phenoxy) is 4. The van der Waals surface area contributed by atoms with Gasteiger partial charge in [-0.2, -0.15) is 0 Å². The minimum atomic E-state index is -0.397. The summed E-state index contributed by atoms with van der Waals surface area (Å²) >= 11 is 0. The number of rotatable bonds is 7. The molecular weight excluding hydrogens is 446 g/mol. The fourth-order valence-corrected chi connectivity index (χ4v) is 4.89. The van der Waals surface area contributed by atoms with Crippen LogP contribution in [-0.2, 0) is 14.2 Å². The Morgan fingerprint density at radius 1 is 1.03 bits per heavy atom. The molecule has 0 spiro atoms. The van der Waals surface area contributed by atoms with E-state index in [0.717, 1.165) is 65.7 Å². The molecule has 184 valence electrons. The molecule has 0 bridgehead atoms. The molecule has 3 aromatic rings. The second-order valence-corrected chi connectivity index (χ2v) is 9.54. The number of aromatic nitrogens is 1. The molecule has 2 aromatic carbocycles. The van der Waals surface area contributed by atoms with Crippen molar-refractivity contribution in [3.8, 4) is 17.0 Å². The van der Waals surface area contributed by atoms with E-state index in [4.69, 9.17) is 24.7 Å². The maximum Gasteiger partial charge on any atom is 0.411 e. The standard InChI is InChI=1S/C27H31N3O5/c28-25-22-12-11-21(34-16-24-32-13-14-33-24)15-23(22)30(19-3-1-4-19)26(25)17-7-9-18(10-8-17)29-27(31)35-20-5-2-6-20/h7-12,15,19-20,24H,1-6,13-14,16,28H2,(H,29,31). The molecule has 8 heteroatoms. The van der Waals surface area contributed by atoms with Crippen molar-refractivity contribution < 1.29 is 23.7 Å². The Kier molecular flexibility index (Phi) is 6.00. The first-order chi connectivity index (χ1) is 17.2. The number of fused-ring (bicyclic) bond motifs is 1. The monoisotopic (exact) mass is 477 g/mol. The molecule has 3 N–H and O–H groups in total. The van der Waals surface area contributed by atoms with Gasteiger partial charge in [-0.15, -0.1) is 0 Å². The summed E-state index contributed by atoms with van der Waals surface area (Å²) in [6.07, 6.45) is 5.82. The predicted octanol–water partition coefficient (Wildman–Crippen LogP) is 5.47. The predicted molar refractivity (Wildman–Crippen MR) is 134 cm³/mol. The SMILES string of the molecule is Nc1c(-c2ccc(NC(=O)OC3CCC3)cc2)n(C2CCC2)c2cc(OCC3OCCO3)ccc12. The Bertz CT molecular complexity index is 1210. The van der Waals surface area contributed by atoms with Gasteiger partial charge in [0.2, 0.25) is 0 Å². The fraction of sp³-hybridized carbons (Fsp3) is 0.444. The van der Waals surface area contributed by atoms with Crippen LogP contribution in [0.3, 0.4) is 0 Å². The first kappa shape index (κ1) is 22.2. The lowest BCUT2D eigenvalue weighted by Crippen LogP contribution is -2.27. The number of carbonyl (C=O) groups is 1. The van der Waals surface area contributed by atoms with Crippen molar-refractivity contribution in [2.75, 3.05) is 30.9 Å². The Morgan fingerprint density at radius 2 is 1.77 bits per heavy atom. The molecule has 1 aliphatic heterocycles. The average Bonchev–Trinajstić information content (AvgIpc) is 3.41. The average molecular weight is 478 g/mol. The molecule has 35 heavy (non-hydrogen) atoms. The summed E-state index contributed by atoms with van der Waals surface area (Å²) in [6, 6.07) is 14.2. The molecule has 1 amide bonds. The third-order valence-electron chi connectivity index (χ3n) is 7.26. The van der Waals surface area contributed by atoms with E-state index in [1.54, 1.807) is 0 Å². The van der Waals surface area contributed by atoms with E-state index in [1.807, 2.05) is 36.4 Å². The molecule has 0 atom stereocenters. The molecule has 2 saturated carbocycles. The molecule has 3 aliphatic rings. The zero-order valence-corrected chi connectivity index (χ0v) is 19.7. The maximum atomic E-state index is 12.1. The van der Waals surface area contributed by atoms with Gasteiger partial charge in [-0.3, -0.25) is 5.32 Å². The number of nitrogens with zero attached hydrogens (tertiary/aromatic N) is 1. The van der Waals surface area contributed by atoms with Crippen molar-refractivity contribution in [2.45, 2.75) is 57.0 Å². The van der Waals surface area contributed by atoms with E-state index in [2.05, 4.69) is 16.0 Å². The highest BCUT2D eigenvalue weighted by atomic mass is 16.7. The van der Waals surface area contributed by atoms with Crippen LogP contribution in [0.25, 0.3) is 22.2 Å². The summed E-state index contributed by atoms with van der Waals surface area (Å²) in [5.74, 6) is 0.769. The number of hydrogen-bond acceptors (Lipinski definition) is 6. The van der Waals surface area contributed by atoms with Gasteiger partial charge in [0.15, 0.2) is 6.29 Å². The molecule has 0 radical (unpaired) electrons. The molecule has 6 rings (SSSR count). The second kappa shape index (κ2) is 9.43. The third kappa shape index (κ3) is 4.44. The van der Waals surface area contributed by atoms with E-state index in [1.165, 1.54) is 6.42 Å². The summed E-state index contributed by atoms with van der Waals surface area (Å²) in [5.41, 5.74) is 11.3. The number of amides is 1. The molecule has 2 aliphatic carbocycles. The second-order valence-electron chi connectivity index (χ2n) is 9.54. The molecule has 2 heterocycles. The quantitative estimate of drug-likeness (QED) is 0.469. The van der Waals surface area contributed by atoms with Crippen molar-refractivity contribution in [2.24, 2.45) is 0 Å². The highest BCUT2D eigenvalue weighted by molar-refractivity contribution is 6.01. The third-order valence-corrected chi connectivity index (χ3v) is 7.26. The Labute approximate surface area is 204 Å². The lowest BCUT2D eigenvalue weighted by Gasteiger charge is -2.30. The maximum absolute atomic E-state index is 12.1. The van der Waals surface area contributed by atoms with E-state index in [0.29, 0.717) is 31.5 Å². The van der Waals surface area contributed by atoms with Gasteiger partial charge in [-0.25, -0.2) is 4.79 Å². The van der Waals surface area contributed by atoms with Gasteiger partial charge in [0.05, 0.1) is 30.1 Å². The highest BCUT2D eigenvalue weighted by Gasteiger charge is 2.27. The molecule has 8 nitrogen and oxygen atoms in total. The van der Waals surface area contributed by atoms with Gasteiger partial charge in [0.25, 0.3) is 0 Å². The highest BCUT2D eigenvalue weighted by Crippen LogP contribution is 2.45. The lowest BCUT2D eigenvalue weighted by molar-refractivity contribution is -0.0683. The number of carbonyl (C=O) groups excluding carboxylic acids is 1. The largest absolute Gasteiger partial charge is 0.488 e. The zero-order chi connectivity index (χ0) is 23.8. The van der Waals surface area contributed by atoms with Crippen molar-refractivity contribution in [1.82, 2.24) is 4.57 Å². The molecule has 1 saturated heterocycles. The van der Waals surface area contributed by atoms with Crippen LogP contribution in [0.5, 0.6) is 5.75 Å². The number of nitrogen functional groups attached to an aromatic ring is 1. The number of benzene rings is 2. The molecule has 3 fully saturated rings. The van der Waals surface area contributed by atoms with Crippen molar-refractivity contribution in [3.05, 3.63) is 42.5 Å². The van der Waals surface area contributed by atoms with E-state index >= 15 is 0 Å². The van der Waals surface area contributed by atoms with Crippen LogP contribution < -0.4 is 15.8 Å². The molecule has 0 unspecified atom stereocenters. The number of nitrogens with two attached hydrogens (primary N) is 1. The van der Waals surface area contributed by atoms with E-state index in [9.17, 15) is 4.79 Å². The summed E-state index contributed by atoms with van der Waals surface area (Å²) in [6.45, 7) is 1.57. The minimum absolute atomic E-state index is 0.0549. The first-order valence-electron chi connectivity index (χ1n) is 12.5. The number of nitrogens with one attached hydrogen (secondary N) is 1. The van der Waals surface area contributed by atoms with Crippen LogP contribution >= 0.6 is 0 Å². The van der Waals surface area contributed by atoms with Crippen LogP contribution in [-0.4, -0.2) is 42.9 Å². The van der Waals surface area contributed by atoms with Gasteiger partial charge >= 0.3 is 6.09 Å². The first-order valence-corrected chi connectivity index (χ1v) is 12.5. The van der Waals surface area contributed by atoms with Gasteiger partial charge in [0, 0.05) is 28.7 Å². The topological polar surface area (TPSA) is 97.0 Å². The Morgan fingerprint density at radius 3 is 2.43 bits per heavy atom. The van der Waals surface area contributed by atoms with Crippen molar-refractivity contribution in [1.29, 1.82) is 0 Å². The summed E-state index contributed by atoms with van der Waals surface area (Å²) in [4.78, 5) is 12.1. The number of hydrogen-bond donors (Lipinski definition) is 2. The number of anilines is 2. The van der Waals surface area contributed by atoms with E-state index < -0.39 is 6.09 Å². The molecule has 1 aromatic heterocycles. The fourth-order valence-electron chi connectivity index (χ4n) is 4.89. The molecular formula is C27H31N3O5. The smallest absolute Gasteiger partial charge is 0.411 e. The summed E-state index contributed by atoms with van der Waals surface area (Å²) in [7, 11) is 0. The van der Waals surface area contributed by atoms with E-state index in [-0.39, 0.29) is 12.4 Å². The van der Waals surface area contributed by atoms with Crippen LogP contribution in [0, 0.1) is 0 Å². The zero-order valence-electron chi connectivity index (χ0n) is 19.7.